The summed E-state index contributed by atoms with van der Waals surface area (Å²) in [6.45, 7) is 16.3. The summed E-state index contributed by atoms with van der Waals surface area (Å²) in [5.41, 5.74) is 0.434. The van der Waals surface area contributed by atoms with Crippen LogP contribution in [-0.4, -0.2) is 31.8 Å². The standard InChI is InChI=1S/C16H29NO4/c1-12(2)13(18)20-9-8-17-14(19)21-11-16(6,7)10-15(3,4)5/h1,8-11H2,2-7H3,(H,17,19). The molecule has 0 aromatic carbocycles. The number of ether oxygens (including phenoxy) is 2. The van der Waals surface area contributed by atoms with Gasteiger partial charge >= 0.3 is 12.1 Å². The van der Waals surface area contributed by atoms with Gasteiger partial charge in [0.05, 0.1) is 13.2 Å². The SMILES string of the molecule is C=C(C)C(=O)OCCNC(=O)OCC(C)(C)CC(C)(C)C. The van der Waals surface area contributed by atoms with E-state index in [2.05, 4.69) is 46.5 Å². The molecule has 21 heavy (non-hydrogen) atoms. The molecule has 0 fully saturated rings. The Morgan fingerprint density at radius 2 is 1.67 bits per heavy atom. The number of esters is 1. The first-order chi connectivity index (χ1) is 9.43. The fourth-order valence-corrected chi connectivity index (χ4v) is 2.22. The van der Waals surface area contributed by atoms with Gasteiger partial charge in [0.15, 0.2) is 0 Å². The van der Waals surface area contributed by atoms with Crippen LogP contribution in [0.15, 0.2) is 12.2 Å². The molecule has 1 N–H and O–H groups in total. The van der Waals surface area contributed by atoms with E-state index in [-0.39, 0.29) is 24.0 Å². The molecule has 0 aromatic heterocycles. The molecule has 5 nitrogen and oxygen atoms in total. The van der Waals surface area contributed by atoms with E-state index >= 15 is 0 Å². The molecule has 0 saturated heterocycles. The molecular formula is C16H29NO4. The fraction of sp³-hybridized carbons (Fsp3) is 0.750. The molecule has 122 valence electrons. The van der Waals surface area contributed by atoms with Gasteiger partial charge in [-0.25, -0.2) is 9.59 Å². The highest BCUT2D eigenvalue weighted by Crippen LogP contribution is 2.33. The molecule has 0 rings (SSSR count). The van der Waals surface area contributed by atoms with E-state index in [4.69, 9.17) is 9.47 Å². The largest absolute Gasteiger partial charge is 0.460 e. The van der Waals surface area contributed by atoms with Gasteiger partial charge in [-0.05, 0) is 24.2 Å². The Balaban J connectivity index is 3.90. The molecule has 1 amide bonds. The van der Waals surface area contributed by atoms with Crippen LogP contribution in [0, 0.1) is 10.8 Å². The van der Waals surface area contributed by atoms with E-state index in [0.29, 0.717) is 12.2 Å². The van der Waals surface area contributed by atoms with Gasteiger partial charge in [-0.1, -0.05) is 41.2 Å². The predicted molar refractivity (Wildman–Crippen MR) is 83.0 cm³/mol. The van der Waals surface area contributed by atoms with E-state index in [0.717, 1.165) is 6.42 Å². The molecule has 0 aliphatic rings. The van der Waals surface area contributed by atoms with Crippen molar-refractivity contribution in [2.75, 3.05) is 19.8 Å². The zero-order chi connectivity index (χ0) is 16.7. The number of nitrogens with one attached hydrogen (secondary N) is 1. The van der Waals surface area contributed by atoms with Crippen LogP contribution < -0.4 is 5.32 Å². The summed E-state index contributed by atoms with van der Waals surface area (Å²) in [6.07, 6.45) is 0.451. The van der Waals surface area contributed by atoms with Gasteiger partial charge in [-0.15, -0.1) is 0 Å². The number of rotatable bonds is 7. The van der Waals surface area contributed by atoms with Crippen molar-refractivity contribution in [3.8, 4) is 0 Å². The quantitative estimate of drug-likeness (QED) is 0.445. The van der Waals surface area contributed by atoms with Crippen molar-refractivity contribution in [1.29, 1.82) is 0 Å². The second-order valence-electron chi connectivity index (χ2n) is 7.32. The molecule has 0 aliphatic carbocycles. The van der Waals surface area contributed by atoms with E-state index in [1.165, 1.54) is 0 Å². The molecule has 0 heterocycles. The minimum atomic E-state index is -0.497. The second kappa shape index (κ2) is 8.05. The van der Waals surface area contributed by atoms with Crippen LogP contribution in [-0.2, 0) is 14.3 Å². The van der Waals surface area contributed by atoms with Crippen LogP contribution in [0.5, 0.6) is 0 Å². The van der Waals surface area contributed by atoms with Crippen LogP contribution in [0.1, 0.15) is 48.0 Å². The summed E-state index contributed by atoms with van der Waals surface area (Å²) >= 11 is 0. The first kappa shape index (κ1) is 19.5. The molecule has 0 bridgehead atoms. The lowest BCUT2D eigenvalue weighted by molar-refractivity contribution is -0.138. The van der Waals surface area contributed by atoms with Gasteiger partial charge in [0.2, 0.25) is 0 Å². The average Bonchev–Trinajstić information content (AvgIpc) is 2.28. The summed E-state index contributed by atoms with van der Waals surface area (Å²) in [4.78, 5) is 22.7. The summed E-state index contributed by atoms with van der Waals surface area (Å²) in [7, 11) is 0. The first-order valence-corrected chi connectivity index (χ1v) is 7.16. The number of carbonyl (C=O) groups is 2. The zero-order valence-corrected chi connectivity index (χ0v) is 14.2. The molecular weight excluding hydrogens is 270 g/mol. The lowest BCUT2D eigenvalue weighted by Gasteiger charge is -2.31. The zero-order valence-electron chi connectivity index (χ0n) is 14.2. The van der Waals surface area contributed by atoms with Crippen molar-refractivity contribution in [2.24, 2.45) is 10.8 Å². The molecule has 0 radical (unpaired) electrons. The van der Waals surface area contributed by atoms with Crippen LogP contribution in [0.2, 0.25) is 0 Å². The number of amides is 1. The average molecular weight is 299 g/mol. The number of hydrogen-bond acceptors (Lipinski definition) is 4. The van der Waals surface area contributed by atoms with Crippen molar-refractivity contribution in [3.63, 3.8) is 0 Å². The van der Waals surface area contributed by atoms with Crippen molar-refractivity contribution in [2.45, 2.75) is 48.0 Å². The summed E-state index contributed by atoms with van der Waals surface area (Å²) in [5, 5.41) is 2.54. The maximum Gasteiger partial charge on any atom is 0.407 e. The molecule has 0 atom stereocenters. The van der Waals surface area contributed by atoms with E-state index in [9.17, 15) is 9.59 Å². The van der Waals surface area contributed by atoms with Crippen LogP contribution in [0.4, 0.5) is 4.79 Å². The second-order valence-corrected chi connectivity index (χ2v) is 7.32. The maximum atomic E-state index is 11.5. The lowest BCUT2D eigenvalue weighted by Crippen LogP contribution is -2.33. The van der Waals surface area contributed by atoms with E-state index in [1.54, 1.807) is 6.92 Å². The van der Waals surface area contributed by atoms with Gasteiger partial charge in [0.1, 0.15) is 6.61 Å². The van der Waals surface area contributed by atoms with Gasteiger partial charge in [0, 0.05) is 5.57 Å². The number of alkyl carbamates (subject to hydrolysis) is 1. The third-order valence-electron chi connectivity index (χ3n) is 2.56. The highest BCUT2D eigenvalue weighted by Gasteiger charge is 2.26. The Morgan fingerprint density at radius 1 is 1.10 bits per heavy atom. The maximum absolute atomic E-state index is 11.5. The number of carbonyl (C=O) groups excluding carboxylic acids is 2. The molecule has 0 aromatic rings. The normalized spacial score (nSPS) is 11.7. The van der Waals surface area contributed by atoms with Gasteiger partial charge in [-0.3, -0.25) is 0 Å². The molecule has 5 heteroatoms. The molecule has 0 unspecified atom stereocenters. The van der Waals surface area contributed by atoms with Crippen molar-refractivity contribution in [1.82, 2.24) is 5.32 Å². The summed E-state index contributed by atoms with van der Waals surface area (Å²) < 4.78 is 10.1. The molecule has 0 spiro atoms. The van der Waals surface area contributed by atoms with Gasteiger partial charge < -0.3 is 14.8 Å². The van der Waals surface area contributed by atoms with Crippen molar-refractivity contribution in [3.05, 3.63) is 12.2 Å². The highest BCUT2D eigenvalue weighted by atomic mass is 16.6. The van der Waals surface area contributed by atoms with Crippen LogP contribution >= 0.6 is 0 Å². The van der Waals surface area contributed by atoms with Crippen LogP contribution in [0.3, 0.4) is 0 Å². The Bertz CT molecular complexity index is 380. The minimum absolute atomic E-state index is 0.0813. The Labute approximate surface area is 128 Å². The van der Waals surface area contributed by atoms with Crippen molar-refractivity contribution >= 4 is 12.1 Å². The topological polar surface area (TPSA) is 64.6 Å². The van der Waals surface area contributed by atoms with E-state index in [1.807, 2.05) is 0 Å². The first-order valence-electron chi connectivity index (χ1n) is 7.16. The van der Waals surface area contributed by atoms with E-state index < -0.39 is 12.1 Å². The predicted octanol–water partition coefficient (Wildman–Crippen LogP) is 3.29. The summed E-state index contributed by atoms with van der Waals surface area (Å²) in [6, 6.07) is 0. The minimum Gasteiger partial charge on any atom is -0.460 e. The number of hydrogen-bond donors (Lipinski definition) is 1. The van der Waals surface area contributed by atoms with Gasteiger partial charge in [-0.2, -0.15) is 0 Å². The Morgan fingerprint density at radius 3 is 2.14 bits per heavy atom. The third kappa shape index (κ3) is 10.9. The molecule has 0 saturated carbocycles. The summed E-state index contributed by atoms with van der Waals surface area (Å²) in [5.74, 6) is -0.462. The lowest BCUT2D eigenvalue weighted by atomic mass is 9.77. The Kier molecular flexibility index (Phi) is 7.47. The monoisotopic (exact) mass is 299 g/mol. The highest BCUT2D eigenvalue weighted by molar-refractivity contribution is 5.86. The third-order valence-corrected chi connectivity index (χ3v) is 2.56. The smallest absolute Gasteiger partial charge is 0.407 e. The molecule has 0 aliphatic heterocycles. The van der Waals surface area contributed by atoms with Gasteiger partial charge in [0.25, 0.3) is 0 Å². The van der Waals surface area contributed by atoms with Crippen LogP contribution in [0.25, 0.3) is 0 Å². The van der Waals surface area contributed by atoms with Crippen molar-refractivity contribution < 1.29 is 19.1 Å². The fourth-order valence-electron chi connectivity index (χ4n) is 2.22. The Hall–Kier alpha value is -1.52.